The predicted octanol–water partition coefficient (Wildman–Crippen LogP) is 2.92. The highest BCUT2D eigenvalue weighted by molar-refractivity contribution is 5.74. The third-order valence-corrected chi connectivity index (χ3v) is 3.60. The first-order valence-corrected chi connectivity index (χ1v) is 7.61. The molecule has 2 N–H and O–H groups in total. The summed E-state index contributed by atoms with van der Waals surface area (Å²) in [6.45, 7) is 5.27. The van der Waals surface area contributed by atoms with E-state index in [0.29, 0.717) is 19.8 Å². The van der Waals surface area contributed by atoms with Crippen LogP contribution in [0.1, 0.15) is 30.0 Å². The molecule has 0 bridgehead atoms. The molecular weight excluding hydrogens is 296 g/mol. The molecule has 2 aromatic rings. The van der Waals surface area contributed by atoms with Crippen LogP contribution in [0.2, 0.25) is 0 Å². The van der Waals surface area contributed by atoms with Gasteiger partial charge in [0.2, 0.25) is 0 Å². The topological polar surface area (TPSA) is 72.7 Å². The molecule has 0 saturated heterocycles. The standard InChI is InChI=1S/C17H20N2O4/c1-11-3-5-14(23-11)12(2)19-17(20)18-10-13-4-6-15-16(9-13)22-8-7-21-15/h3-6,9,12H,7-8,10H2,1-2H3,(H2,18,19,20). The van der Waals surface area contributed by atoms with E-state index in [-0.39, 0.29) is 12.1 Å². The highest BCUT2D eigenvalue weighted by atomic mass is 16.6. The number of aryl methyl sites for hydroxylation is 1. The molecule has 3 rings (SSSR count). The lowest BCUT2D eigenvalue weighted by Gasteiger charge is -2.19. The number of carbonyl (C=O) groups is 1. The first-order valence-electron chi connectivity index (χ1n) is 7.61. The van der Waals surface area contributed by atoms with Crippen LogP contribution in [0.15, 0.2) is 34.7 Å². The minimum absolute atomic E-state index is 0.191. The summed E-state index contributed by atoms with van der Waals surface area (Å²) >= 11 is 0. The molecule has 0 spiro atoms. The molecule has 6 heteroatoms. The zero-order valence-corrected chi connectivity index (χ0v) is 13.2. The minimum atomic E-state index is -0.249. The number of hydrogen-bond acceptors (Lipinski definition) is 4. The molecule has 2 amide bonds. The molecule has 122 valence electrons. The van der Waals surface area contributed by atoms with Crippen molar-refractivity contribution < 1.29 is 18.7 Å². The zero-order valence-electron chi connectivity index (χ0n) is 13.2. The van der Waals surface area contributed by atoms with Crippen molar-refractivity contribution in [3.63, 3.8) is 0 Å². The Balaban J connectivity index is 1.52. The van der Waals surface area contributed by atoms with Gasteiger partial charge in [0.25, 0.3) is 0 Å². The molecule has 0 saturated carbocycles. The van der Waals surface area contributed by atoms with Gasteiger partial charge in [-0.2, -0.15) is 0 Å². The van der Waals surface area contributed by atoms with Crippen molar-refractivity contribution in [1.29, 1.82) is 0 Å². The van der Waals surface area contributed by atoms with Crippen LogP contribution >= 0.6 is 0 Å². The molecule has 1 aliphatic heterocycles. The number of rotatable bonds is 4. The zero-order chi connectivity index (χ0) is 16.2. The number of amides is 2. The quantitative estimate of drug-likeness (QED) is 0.909. The van der Waals surface area contributed by atoms with E-state index < -0.39 is 0 Å². The molecule has 6 nitrogen and oxygen atoms in total. The van der Waals surface area contributed by atoms with Crippen LogP contribution in [-0.4, -0.2) is 19.2 Å². The number of ether oxygens (including phenoxy) is 2. The van der Waals surface area contributed by atoms with Crippen LogP contribution in [-0.2, 0) is 6.54 Å². The van der Waals surface area contributed by atoms with Gasteiger partial charge in [0.15, 0.2) is 11.5 Å². The van der Waals surface area contributed by atoms with Crippen LogP contribution < -0.4 is 20.1 Å². The van der Waals surface area contributed by atoms with Crippen molar-refractivity contribution in [2.24, 2.45) is 0 Å². The van der Waals surface area contributed by atoms with Gasteiger partial charge in [-0.3, -0.25) is 0 Å². The molecule has 1 atom stereocenters. The fourth-order valence-electron chi connectivity index (χ4n) is 2.39. The van der Waals surface area contributed by atoms with Crippen molar-refractivity contribution >= 4 is 6.03 Å². The van der Waals surface area contributed by atoms with Gasteiger partial charge in [0.05, 0.1) is 6.04 Å². The van der Waals surface area contributed by atoms with Crippen LogP contribution in [0, 0.1) is 6.92 Å². The highest BCUT2D eigenvalue weighted by Crippen LogP contribution is 2.30. The Bertz CT molecular complexity index is 696. The summed E-state index contributed by atoms with van der Waals surface area (Å²) in [5.41, 5.74) is 0.950. The Morgan fingerprint density at radius 2 is 1.96 bits per heavy atom. The lowest BCUT2D eigenvalue weighted by Crippen LogP contribution is -2.36. The summed E-state index contributed by atoms with van der Waals surface area (Å²) in [6.07, 6.45) is 0. The van der Waals surface area contributed by atoms with E-state index >= 15 is 0 Å². The Morgan fingerprint density at radius 1 is 1.17 bits per heavy atom. The second kappa shape index (κ2) is 6.64. The van der Waals surface area contributed by atoms with Crippen molar-refractivity contribution in [3.8, 4) is 11.5 Å². The maximum absolute atomic E-state index is 12.0. The third kappa shape index (κ3) is 3.77. The van der Waals surface area contributed by atoms with E-state index in [9.17, 15) is 4.79 Å². The molecule has 1 unspecified atom stereocenters. The Kier molecular flexibility index (Phi) is 4.41. The number of urea groups is 1. The Morgan fingerprint density at radius 3 is 2.70 bits per heavy atom. The molecule has 1 aromatic heterocycles. The van der Waals surface area contributed by atoms with E-state index in [4.69, 9.17) is 13.9 Å². The number of fused-ring (bicyclic) bond motifs is 1. The highest BCUT2D eigenvalue weighted by Gasteiger charge is 2.14. The minimum Gasteiger partial charge on any atom is -0.486 e. The van der Waals surface area contributed by atoms with Crippen LogP contribution in [0.4, 0.5) is 4.79 Å². The van der Waals surface area contributed by atoms with Gasteiger partial charge in [-0.05, 0) is 43.7 Å². The van der Waals surface area contributed by atoms with Gasteiger partial charge in [-0.25, -0.2) is 4.79 Å². The first kappa shape index (κ1) is 15.3. The van der Waals surface area contributed by atoms with Crippen molar-refractivity contribution in [2.45, 2.75) is 26.4 Å². The predicted molar refractivity (Wildman–Crippen MR) is 84.7 cm³/mol. The average molecular weight is 316 g/mol. The van der Waals surface area contributed by atoms with Gasteiger partial charge in [-0.15, -0.1) is 0 Å². The molecule has 0 radical (unpaired) electrons. The fraction of sp³-hybridized carbons (Fsp3) is 0.353. The summed E-state index contributed by atoms with van der Waals surface area (Å²) in [6, 6.07) is 8.95. The van der Waals surface area contributed by atoms with Crippen LogP contribution in [0.5, 0.6) is 11.5 Å². The van der Waals surface area contributed by atoms with Gasteiger partial charge < -0.3 is 24.5 Å². The van der Waals surface area contributed by atoms with Crippen molar-refractivity contribution in [1.82, 2.24) is 10.6 Å². The van der Waals surface area contributed by atoms with Gasteiger partial charge in [0, 0.05) is 6.54 Å². The number of carbonyl (C=O) groups excluding carboxylic acids is 1. The van der Waals surface area contributed by atoms with E-state index in [0.717, 1.165) is 28.6 Å². The third-order valence-electron chi connectivity index (χ3n) is 3.60. The van der Waals surface area contributed by atoms with Crippen LogP contribution in [0.3, 0.4) is 0 Å². The van der Waals surface area contributed by atoms with Crippen LogP contribution in [0.25, 0.3) is 0 Å². The van der Waals surface area contributed by atoms with E-state index in [1.165, 1.54) is 0 Å². The summed E-state index contributed by atoms with van der Waals surface area (Å²) in [5, 5.41) is 5.67. The maximum Gasteiger partial charge on any atom is 0.315 e. The van der Waals surface area contributed by atoms with Gasteiger partial charge >= 0.3 is 6.03 Å². The number of hydrogen-bond donors (Lipinski definition) is 2. The lowest BCUT2D eigenvalue weighted by molar-refractivity contribution is 0.171. The second-order valence-corrected chi connectivity index (χ2v) is 5.48. The van der Waals surface area contributed by atoms with E-state index in [1.54, 1.807) is 0 Å². The number of nitrogens with one attached hydrogen (secondary N) is 2. The average Bonchev–Trinajstić information content (AvgIpc) is 2.99. The lowest BCUT2D eigenvalue weighted by atomic mass is 10.2. The van der Waals surface area contributed by atoms with Crippen molar-refractivity contribution in [2.75, 3.05) is 13.2 Å². The Labute approximate surface area is 134 Å². The largest absolute Gasteiger partial charge is 0.486 e. The smallest absolute Gasteiger partial charge is 0.315 e. The second-order valence-electron chi connectivity index (χ2n) is 5.48. The van der Waals surface area contributed by atoms with Gasteiger partial charge in [0.1, 0.15) is 24.7 Å². The molecule has 2 heterocycles. The Hall–Kier alpha value is -2.63. The van der Waals surface area contributed by atoms with Gasteiger partial charge in [-0.1, -0.05) is 6.07 Å². The van der Waals surface area contributed by atoms with Crippen molar-refractivity contribution in [3.05, 3.63) is 47.4 Å². The summed E-state index contributed by atoms with van der Waals surface area (Å²) < 4.78 is 16.5. The molecule has 1 aromatic carbocycles. The fourth-order valence-corrected chi connectivity index (χ4v) is 2.39. The maximum atomic E-state index is 12.0. The SMILES string of the molecule is Cc1ccc(C(C)NC(=O)NCc2ccc3c(c2)OCCO3)o1. The number of furan rings is 1. The molecular formula is C17H20N2O4. The molecule has 0 aliphatic carbocycles. The summed E-state index contributed by atoms with van der Waals surface area (Å²) in [4.78, 5) is 12.0. The van der Waals surface area contributed by atoms with E-state index in [2.05, 4.69) is 10.6 Å². The summed E-state index contributed by atoms with van der Waals surface area (Å²) in [5.74, 6) is 3.02. The summed E-state index contributed by atoms with van der Waals surface area (Å²) in [7, 11) is 0. The molecule has 23 heavy (non-hydrogen) atoms. The monoisotopic (exact) mass is 316 g/mol. The van der Waals surface area contributed by atoms with E-state index in [1.807, 2.05) is 44.2 Å². The first-order chi connectivity index (χ1) is 11.1. The normalized spacial score (nSPS) is 14.2. The molecule has 0 fully saturated rings. The molecule has 1 aliphatic rings. The number of benzene rings is 1.